The minimum Gasteiger partial charge on any atom is -0.461 e. The maximum atomic E-state index is 11.5. The summed E-state index contributed by atoms with van der Waals surface area (Å²) in [5.74, 6) is -1.06. The molecule has 1 saturated carbocycles. The summed E-state index contributed by atoms with van der Waals surface area (Å²) in [4.78, 5) is 10.2. The molecule has 0 spiro atoms. The zero-order valence-corrected chi connectivity index (χ0v) is 6.06. The van der Waals surface area contributed by atoms with Crippen molar-refractivity contribution in [1.29, 1.82) is 0 Å². The van der Waals surface area contributed by atoms with Crippen molar-refractivity contribution in [2.75, 3.05) is 6.61 Å². The van der Waals surface area contributed by atoms with Gasteiger partial charge in [-0.15, -0.1) is 0 Å². The molecule has 64 valence electrons. The summed E-state index contributed by atoms with van der Waals surface area (Å²) in [5.41, 5.74) is 0. The Kier molecular flexibility index (Phi) is 2.79. The first-order valence-corrected chi connectivity index (χ1v) is 3.65. The maximum absolute atomic E-state index is 11.5. The lowest BCUT2D eigenvalue weighted by molar-refractivity contribution is -0.158. The molecule has 0 N–H and O–H groups in total. The van der Waals surface area contributed by atoms with E-state index in [4.69, 9.17) is 0 Å². The lowest BCUT2D eigenvalue weighted by Crippen LogP contribution is -2.23. The number of rotatable bonds is 3. The van der Waals surface area contributed by atoms with Crippen LogP contribution in [0, 0.1) is 5.92 Å². The molecule has 11 heavy (non-hydrogen) atoms. The van der Waals surface area contributed by atoms with E-state index in [2.05, 4.69) is 4.74 Å². The fourth-order valence-corrected chi connectivity index (χ4v) is 0.922. The van der Waals surface area contributed by atoms with Crippen LogP contribution in [0.25, 0.3) is 0 Å². The number of halogens is 2. The Morgan fingerprint density at radius 1 is 1.55 bits per heavy atom. The highest BCUT2D eigenvalue weighted by Gasteiger charge is 2.22. The molecule has 0 atom stereocenters. The summed E-state index contributed by atoms with van der Waals surface area (Å²) >= 11 is 0. The highest BCUT2D eigenvalue weighted by molar-refractivity contribution is 5.72. The van der Waals surface area contributed by atoms with Crippen molar-refractivity contribution in [3.63, 3.8) is 0 Å². The molecule has 0 saturated heterocycles. The number of carbonyl (C=O) groups is 1. The molecule has 0 radical (unpaired) electrons. The minimum atomic E-state index is -2.98. The summed E-state index contributed by atoms with van der Waals surface area (Å²) in [6.07, 6.45) is 0.138. The second kappa shape index (κ2) is 3.64. The van der Waals surface area contributed by atoms with Gasteiger partial charge in [0, 0.05) is 0 Å². The molecule has 0 aliphatic heterocycles. The predicted octanol–water partition coefficient (Wildman–Crippen LogP) is 1.59. The molecule has 1 aliphatic carbocycles. The van der Waals surface area contributed by atoms with Crippen LogP contribution in [0.4, 0.5) is 8.78 Å². The van der Waals surface area contributed by atoms with Gasteiger partial charge in [0.15, 0.2) is 0 Å². The molecule has 0 aromatic rings. The van der Waals surface area contributed by atoms with E-state index in [0.717, 1.165) is 19.3 Å². The van der Waals surface area contributed by atoms with E-state index in [9.17, 15) is 13.6 Å². The van der Waals surface area contributed by atoms with Crippen molar-refractivity contribution >= 4 is 5.97 Å². The van der Waals surface area contributed by atoms with E-state index >= 15 is 0 Å². The number of alkyl halides is 2. The monoisotopic (exact) mass is 164 g/mol. The average Bonchev–Trinajstić information content (AvgIpc) is 1.83. The van der Waals surface area contributed by atoms with E-state index < -0.39 is 12.4 Å². The van der Waals surface area contributed by atoms with E-state index in [0.29, 0.717) is 5.92 Å². The quantitative estimate of drug-likeness (QED) is 0.592. The molecule has 0 bridgehead atoms. The van der Waals surface area contributed by atoms with E-state index in [-0.39, 0.29) is 6.61 Å². The third-order valence-electron chi connectivity index (χ3n) is 1.86. The summed E-state index contributed by atoms with van der Waals surface area (Å²) in [6.45, 7) is 0.170. The molecule has 0 heterocycles. The largest absolute Gasteiger partial charge is 0.461 e. The van der Waals surface area contributed by atoms with Crippen LogP contribution < -0.4 is 0 Å². The van der Waals surface area contributed by atoms with Gasteiger partial charge in [-0.2, -0.15) is 8.78 Å². The standard InChI is InChI=1S/C7H10F2O2/c8-6(9)7(10)11-4-5-2-1-3-5/h5-6H,1-4H2. The highest BCUT2D eigenvalue weighted by atomic mass is 19.3. The lowest BCUT2D eigenvalue weighted by atomic mass is 9.86. The molecule has 1 rings (SSSR count). The Balaban J connectivity index is 2.06. The van der Waals surface area contributed by atoms with Crippen LogP contribution in [0.5, 0.6) is 0 Å². The topological polar surface area (TPSA) is 26.3 Å². The van der Waals surface area contributed by atoms with Gasteiger partial charge in [-0.05, 0) is 18.8 Å². The lowest BCUT2D eigenvalue weighted by Gasteiger charge is -2.24. The van der Waals surface area contributed by atoms with Crippen LogP contribution in [-0.4, -0.2) is 19.0 Å². The molecule has 0 amide bonds. The molecule has 1 fully saturated rings. The van der Waals surface area contributed by atoms with Gasteiger partial charge in [-0.1, -0.05) is 6.42 Å². The third kappa shape index (κ3) is 2.44. The van der Waals surface area contributed by atoms with Gasteiger partial charge in [0.25, 0.3) is 0 Å². The predicted molar refractivity (Wildman–Crippen MR) is 34.3 cm³/mol. The van der Waals surface area contributed by atoms with Crippen LogP contribution in [-0.2, 0) is 9.53 Å². The SMILES string of the molecule is O=C(OCC1CCC1)C(F)F. The molecule has 2 nitrogen and oxygen atoms in total. The van der Waals surface area contributed by atoms with E-state index in [1.807, 2.05) is 0 Å². The summed E-state index contributed by atoms with van der Waals surface area (Å²) < 4.78 is 27.4. The molecule has 0 unspecified atom stereocenters. The van der Waals surface area contributed by atoms with Crippen LogP contribution in [0.1, 0.15) is 19.3 Å². The fraction of sp³-hybridized carbons (Fsp3) is 0.857. The van der Waals surface area contributed by atoms with Crippen molar-refractivity contribution in [2.24, 2.45) is 5.92 Å². The first-order chi connectivity index (χ1) is 5.20. The first kappa shape index (κ1) is 8.43. The summed E-state index contributed by atoms with van der Waals surface area (Å²) in [5, 5.41) is 0. The van der Waals surface area contributed by atoms with Gasteiger partial charge in [0.2, 0.25) is 0 Å². The van der Waals surface area contributed by atoms with Gasteiger partial charge < -0.3 is 4.74 Å². The van der Waals surface area contributed by atoms with Crippen LogP contribution in [0.3, 0.4) is 0 Å². The second-order valence-electron chi connectivity index (χ2n) is 2.73. The zero-order chi connectivity index (χ0) is 8.27. The van der Waals surface area contributed by atoms with Crippen LogP contribution in [0.15, 0.2) is 0 Å². The summed E-state index contributed by atoms with van der Waals surface area (Å²) in [7, 11) is 0. The van der Waals surface area contributed by atoms with Gasteiger partial charge in [-0.3, -0.25) is 0 Å². The molecule has 0 aromatic heterocycles. The number of carbonyl (C=O) groups excluding carboxylic acids is 1. The van der Waals surface area contributed by atoms with Crippen LogP contribution in [0.2, 0.25) is 0 Å². The maximum Gasteiger partial charge on any atom is 0.373 e. The molecule has 0 aromatic carbocycles. The van der Waals surface area contributed by atoms with Crippen molar-refractivity contribution < 1.29 is 18.3 Å². The van der Waals surface area contributed by atoms with E-state index in [1.54, 1.807) is 0 Å². The van der Waals surface area contributed by atoms with Crippen molar-refractivity contribution in [3.05, 3.63) is 0 Å². The smallest absolute Gasteiger partial charge is 0.373 e. The van der Waals surface area contributed by atoms with Gasteiger partial charge in [0.1, 0.15) is 0 Å². The molecule has 1 aliphatic rings. The van der Waals surface area contributed by atoms with Crippen molar-refractivity contribution in [3.8, 4) is 0 Å². The van der Waals surface area contributed by atoms with Crippen LogP contribution >= 0.6 is 0 Å². The Labute approximate surface area is 63.5 Å². The van der Waals surface area contributed by atoms with Crippen molar-refractivity contribution in [1.82, 2.24) is 0 Å². The fourth-order valence-electron chi connectivity index (χ4n) is 0.922. The van der Waals surface area contributed by atoms with E-state index in [1.165, 1.54) is 0 Å². The Hall–Kier alpha value is -0.670. The third-order valence-corrected chi connectivity index (χ3v) is 1.86. The average molecular weight is 164 g/mol. The highest BCUT2D eigenvalue weighted by Crippen LogP contribution is 2.26. The first-order valence-electron chi connectivity index (χ1n) is 3.65. The minimum absolute atomic E-state index is 0.170. The Morgan fingerprint density at radius 2 is 2.18 bits per heavy atom. The summed E-state index contributed by atoms with van der Waals surface area (Å²) in [6, 6.07) is 0. The molecule has 4 heteroatoms. The van der Waals surface area contributed by atoms with Gasteiger partial charge in [0.05, 0.1) is 6.61 Å². The molecular formula is C7H10F2O2. The number of hydrogen-bond acceptors (Lipinski definition) is 2. The zero-order valence-electron chi connectivity index (χ0n) is 6.06. The van der Waals surface area contributed by atoms with Gasteiger partial charge >= 0.3 is 12.4 Å². The second-order valence-corrected chi connectivity index (χ2v) is 2.73. The molecular weight excluding hydrogens is 154 g/mol. The Bertz CT molecular complexity index is 143. The normalized spacial score (nSPS) is 18.1. The number of hydrogen-bond donors (Lipinski definition) is 0. The number of esters is 1. The van der Waals surface area contributed by atoms with Gasteiger partial charge in [-0.25, -0.2) is 4.79 Å². The van der Waals surface area contributed by atoms with Crippen molar-refractivity contribution in [2.45, 2.75) is 25.7 Å². The Morgan fingerprint density at radius 3 is 2.55 bits per heavy atom. The number of ether oxygens (including phenoxy) is 1.